The molecule has 5 heteroatoms. The first-order chi connectivity index (χ1) is 8.56. The summed E-state index contributed by atoms with van der Waals surface area (Å²) in [6, 6.07) is 3.81. The number of benzene rings is 1. The Morgan fingerprint density at radius 1 is 1.17 bits per heavy atom. The molecule has 0 bridgehead atoms. The minimum Gasteiger partial charge on any atom is -0.364 e. The van der Waals surface area contributed by atoms with Crippen LogP contribution in [0.25, 0.3) is 0 Å². The van der Waals surface area contributed by atoms with Crippen LogP contribution in [-0.4, -0.2) is 9.97 Å². The lowest BCUT2D eigenvalue weighted by Crippen LogP contribution is -2.05. The van der Waals surface area contributed by atoms with Gasteiger partial charge in [-0.1, -0.05) is 6.07 Å². The Hall–Kier alpha value is -2.04. The van der Waals surface area contributed by atoms with Crippen molar-refractivity contribution in [2.45, 2.75) is 20.4 Å². The number of aromatic nitrogens is 2. The maximum absolute atomic E-state index is 13.0. The van der Waals surface area contributed by atoms with Crippen LogP contribution in [0.1, 0.15) is 17.0 Å². The van der Waals surface area contributed by atoms with Crippen LogP contribution in [0.2, 0.25) is 0 Å². The highest BCUT2D eigenvalue weighted by atomic mass is 19.2. The topological polar surface area (TPSA) is 37.8 Å². The Morgan fingerprint density at radius 3 is 2.67 bits per heavy atom. The van der Waals surface area contributed by atoms with Gasteiger partial charge in [0.05, 0.1) is 11.4 Å². The van der Waals surface area contributed by atoms with E-state index in [9.17, 15) is 8.78 Å². The zero-order chi connectivity index (χ0) is 13.1. The second kappa shape index (κ2) is 5.08. The van der Waals surface area contributed by atoms with E-state index < -0.39 is 11.6 Å². The monoisotopic (exact) mass is 249 g/mol. The van der Waals surface area contributed by atoms with Crippen molar-refractivity contribution in [3.8, 4) is 0 Å². The van der Waals surface area contributed by atoms with Gasteiger partial charge in [0, 0.05) is 12.7 Å². The molecule has 0 spiro atoms. The van der Waals surface area contributed by atoms with Crippen LogP contribution in [0.4, 0.5) is 14.6 Å². The predicted octanol–water partition coefficient (Wildman–Crippen LogP) is 2.98. The standard InChI is InChI=1S/C13H13F2N3/c1-8-6-16-9(2)13(18-8)17-7-10-3-4-11(14)12(15)5-10/h3-6H,7H2,1-2H3,(H,17,18). The zero-order valence-electron chi connectivity index (χ0n) is 10.2. The maximum atomic E-state index is 13.0. The molecule has 0 aliphatic rings. The molecule has 1 aromatic carbocycles. The molecule has 0 fully saturated rings. The first-order valence-corrected chi connectivity index (χ1v) is 5.54. The highest BCUT2D eigenvalue weighted by molar-refractivity contribution is 5.40. The third kappa shape index (κ3) is 2.80. The van der Waals surface area contributed by atoms with Gasteiger partial charge in [0.15, 0.2) is 11.6 Å². The summed E-state index contributed by atoms with van der Waals surface area (Å²) in [5, 5.41) is 3.05. The van der Waals surface area contributed by atoms with E-state index in [-0.39, 0.29) is 0 Å². The lowest BCUT2D eigenvalue weighted by molar-refractivity contribution is 0.507. The van der Waals surface area contributed by atoms with E-state index in [1.165, 1.54) is 12.1 Å². The summed E-state index contributed by atoms with van der Waals surface area (Å²) >= 11 is 0. The van der Waals surface area contributed by atoms with Crippen LogP contribution in [0.15, 0.2) is 24.4 Å². The average Bonchev–Trinajstić information content (AvgIpc) is 2.34. The van der Waals surface area contributed by atoms with Gasteiger partial charge in [-0.2, -0.15) is 0 Å². The summed E-state index contributed by atoms with van der Waals surface area (Å²) in [7, 11) is 0. The van der Waals surface area contributed by atoms with Gasteiger partial charge in [0.25, 0.3) is 0 Å². The first-order valence-electron chi connectivity index (χ1n) is 5.54. The molecule has 1 heterocycles. The molecule has 0 saturated heterocycles. The average molecular weight is 249 g/mol. The number of rotatable bonds is 3. The van der Waals surface area contributed by atoms with E-state index in [2.05, 4.69) is 15.3 Å². The number of halogens is 2. The Kier molecular flexibility index (Phi) is 3.50. The van der Waals surface area contributed by atoms with E-state index in [4.69, 9.17) is 0 Å². The zero-order valence-corrected chi connectivity index (χ0v) is 10.2. The van der Waals surface area contributed by atoms with E-state index in [1.807, 2.05) is 13.8 Å². The fourth-order valence-corrected chi connectivity index (χ4v) is 1.54. The van der Waals surface area contributed by atoms with Crippen molar-refractivity contribution < 1.29 is 8.78 Å². The first kappa shape index (κ1) is 12.4. The number of anilines is 1. The predicted molar refractivity (Wildman–Crippen MR) is 65.2 cm³/mol. The summed E-state index contributed by atoms with van der Waals surface area (Å²) in [6.07, 6.45) is 1.68. The molecule has 0 unspecified atom stereocenters. The SMILES string of the molecule is Cc1cnc(C)c(NCc2ccc(F)c(F)c2)n1. The number of aryl methyl sites for hydroxylation is 2. The van der Waals surface area contributed by atoms with Gasteiger partial charge in [0.2, 0.25) is 0 Å². The Balaban J connectivity index is 2.11. The molecule has 0 saturated carbocycles. The number of nitrogens with zero attached hydrogens (tertiary/aromatic N) is 2. The molecular formula is C13H13F2N3. The Labute approximate surface area is 104 Å². The van der Waals surface area contributed by atoms with Crippen LogP contribution in [0.3, 0.4) is 0 Å². The molecule has 18 heavy (non-hydrogen) atoms. The smallest absolute Gasteiger partial charge is 0.159 e. The van der Waals surface area contributed by atoms with Crippen molar-refractivity contribution in [1.29, 1.82) is 0 Å². The van der Waals surface area contributed by atoms with Gasteiger partial charge in [-0.05, 0) is 31.5 Å². The van der Waals surface area contributed by atoms with E-state index in [0.29, 0.717) is 17.9 Å². The summed E-state index contributed by atoms with van der Waals surface area (Å²) in [5.41, 5.74) is 2.22. The summed E-state index contributed by atoms with van der Waals surface area (Å²) < 4.78 is 25.8. The van der Waals surface area contributed by atoms with Crippen molar-refractivity contribution in [2.24, 2.45) is 0 Å². The van der Waals surface area contributed by atoms with Crippen LogP contribution in [0, 0.1) is 25.5 Å². The van der Waals surface area contributed by atoms with Gasteiger partial charge >= 0.3 is 0 Å². The van der Waals surface area contributed by atoms with Crippen LogP contribution in [-0.2, 0) is 6.54 Å². The third-order valence-corrected chi connectivity index (χ3v) is 2.52. The van der Waals surface area contributed by atoms with Crippen molar-refractivity contribution >= 4 is 5.82 Å². The molecular weight excluding hydrogens is 236 g/mol. The quantitative estimate of drug-likeness (QED) is 0.908. The molecule has 0 amide bonds. The summed E-state index contributed by atoms with van der Waals surface area (Å²) in [4.78, 5) is 8.45. The second-order valence-electron chi connectivity index (χ2n) is 4.05. The summed E-state index contributed by atoms with van der Waals surface area (Å²) in [6.45, 7) is 4.05. The fraction of sp³-hybridized carbons (Fsp3) is 0.231. The number of nitrogens with one attached hydrogen (secondary N) is 1. The largest absolute Gasteiger partial charge is 0.364 e. The molecule has 1 aromatic heterocycles. The van der Waals surface area contributed by atoms with Crippen molar-refractivity contribution in [1.82, 2.24) is 9.97 Å². The van der Waals surface area contributed by atoms with Crippen LogP contribution >= 0.6 is 0 Å². The Morgan fingerprint density at radius 2 is 1.94 bits per heavy atom. The lowest BCUT2D eigenvalue weighted by Gasteiger charge is -2.08. The van der Waals surface area contributed by atoms with Crippen molar-refractivity contribution in [3.05, 3.63) is 53.0 Å². The fourth-order valence-electron chi connectivity index (χ4n) is 1.54. The number of hydrogen-bond acceptors (Lipinski definition) is 3. The van der Waals surface area contributed by atoms with Crippen molar-refractivity contribution in [3.63, 3.8) is 0 Å². The van der Waals surface area contributed by atoms with Gasteiger partial charge in [-0.25, -0.2) is 13.8 Å². The van der Waals surface area contributed by atoms with Crippen molar-refractivity contribution in [2.75, 3.05) is 5.32 Å². The minimum absolute atomic E-state index is 0.371. The molecule has 94 valence electrons. The van der Waals surface area contributed by atoms with Crippen LogP contribution in [0.5, 0.6) is 0 Å². The Bertz CT molecular complexity index is 570. The molecule has 3 nitrogen and oxygen atoms in total. The van der Waals surface area contributed by atoms with E-state index >= 15 is 0 Å². The molecule has 1 N–H and O–H groups in total. The molecule has 0 aliphatic heterocycles. The number of hydrogen-bond donors (Lipinski definition) is 1. The molecule has 0 aliphatic carbocycles. The molecule has 2 aromatic rings. The van der Waals surface area contributed by atoms with E-state index in [1.54, 1.807) is 6.20 Å². The van der Waals surface area contributed by atoms with E-state index in [0.717, 1.165) is 17.5 Å². The van der Waals surface area contributed by atoms with Gasteiger partial charge in [-0.15, -0.1) is 0 Å². The van der Waals surface area contributed by atoms with Gasteiger partial charge in [0.1, 0.15) is 5.82 Å². The molecule has 0 atom stereocenters. The minimum atomic E-state index is -0.846. The molecule has 2 rings (SSSR count). The molecule has 0 radical (unpaired) electrons. The summed E-state index contributed by atoms with van der Waals surface area (Å²) in [5.74, 6) is -1.04. The highest BCUT2D eigenvalue weighted by Crippen LogP contribution is 2.13. The maximum Gasteiger partial charge on any atom is 0.159 e. The third-order valence-electron chi connectivity index (χ3n) is 2.52. The van der Waals surface area contributed by atoms with Gasteiger partial charge in [-0.3, -0.25) is 4.98 Å². The normalized spacial score (nSPS) is 10.4. The van der Waals surface area contributed by atoms with Gasteiger partial charge < -0.3 is 5.32 Å². The highest BCUT2D eigenvalue weighted by Gasteiger charge is 2.04. The second-order valence-corrected chi connectivity index (χ2v) is 4.05. The van der Waals surface area contributed by atoms with Crippen LogP contribution < -0.4 is 5.32 Å². The lowest BCUT2D eigenvalue weighted by atomic mass is 10.2.